The molecule has 0 bridgehead atoms. The Morgan fingerprint density at radius 3 is 2.88 bits per heavy atom. The molecule has 1 aliphatic carbocycles. The van der Waals surface area contributed by atoms with Gasteiger partial charge in [0.05, 0.1) is 0 Å². The first-order valence-electron chi connectivity index (χ1n) is 8.04. The minimum atomic E-state index is -0.410. The van der Waals surface area contributed by atoms with Gasteiger partial charge in [-0.2, -0.15) is 0 Å². The number of nitrogens with zero attached hydrogens (tertiary/aromatic N) is 2. The van der Waals surface area contributed by atoms with Crippen LogP contribution in [0.3, 0.4) is 0 Å². The number of anilines is 1. The smallest absolute Gasteiger partial charge is 0.271 e. The van der Waals surface area contributed by atoms with Crippen molar-refractivity contribution >= 4 is 27.9 Å². The van der Waals surface area contributed by atoms with Crippen LogP contribution in [0, 0.1) is 6.92 Å². The molecule has 1 N–H and O–H groups in total. The highest BCUT2D eigenvalue weighted by molar-refractivity contribution is 7.17. The molecule has 24 heavy (non-hydrogen) atoms. The van der Waals surface area contributed by atoms with Gasteiger partial charge in [-0.25, -0.2) is 4.98 Å². The maximum absolute atomic E-state index is 12.8. The maximum Gasteiger partial charge on any atom is 0.271 e. The minimum absolute atomic E-state index is 0.0851. The predicted octanol–water partition coefficient (Wildman–Crippen LogP) is 3.20. The topological polar surface area (TPSA) is 63.5 Å². The van der Waals surface area contributed by atoms with Gasteiger partial charge >= 0.3 is 0 Å². The number of para-hydroxylation sites is 1. The number of fused-ring (bicyclic) bond motifs is 3. The van der Waals surface area contributed by atoms with E-state index in [4.69, 9.17) is 0 Å². The van der Waals surface area contributed by atoms with Gasteiger partial charge in [0.1, 0.15) is 5.56 Å². The van der Waals surface area contributed by atoms with Crippen molar-refractivity contribution in [3.8, 4) is 0 Å². The van der Waals surface area contributed by atoms with E-state index in [1.165, 1.54) is 11.1 Å². The number of hydrogen-bond acceptors (Lipinski definition) is 4. The lowest BCUT2D eigenvalue weighted by Gasteiger charge is -2.11. The first kappa shape index (κ1) is 15.1. The van der Waals surface area contributed by atoms with Gasteiger partial charge in [-0.3, -0.25) is 14.0 Å². The molecule has 3 aromatic rings. The van der Waals surface area contributed by atoms with E-state index in [1.54, 1.807) is 15.7 Å². The Morgan fingerprint density at radius 2 is 2.04 bits per heavy atom. The van der Waals surface area contributed by atoms with Crippen LogP contribution < -0.4 is 10.9 Å². The van der Waals surface area contributed by atoms with Gasteiger partial charge in [0.2, 0.25) is 0 Å². The van der Waals surface area contributed by atoms with Crippen LogP contribution in [0.25, 0.3) is 4.96 Å². The van der Waals surface area contributed by atoms with E-state index >= 15 is 0 Å². The van der Waals surface area contributed by atoms with E-state index in [9.17, 15) is 9.59 Å². The Labute approximate surface area is 143 Å². The number of benzene rings is 1. The monoisotopic (exact) mass is 339 g/mol. The molecule has 0 saturated heterocycles. The Kier molecular flexibility index (Phi) is 3.69. The molecular formula is C18H17N3O2S. The molecule has 6 heteroatoms. The molecule has 0 spiro atoms. The van der Waals surface area contributed by atoms with Gasteiger partial charge in [0.25, 0.3) is 11.5 Å². The molecule has 2 aromatic heterocycles. The van der Waals surface area contributed by atoms with Gasteiger partial charge in [-0.05, 0) is 44.2 Å². The summed E-state index contributed by atoms with van der Waals surface area (Å²) in [5.74, 6) is -0.410. The van der Waals surface area contributed by atoms with Gasteiger partial charge in [0, 0.05) is 22.5 Å². The van der Waals surface area contributed by atoms with Crippen LogP contribution in [-0.2, 0) is 12.8 Å². The molecule has 0 atom stereocenters. The highest BCUT2D eigenvalue weighted by Crippen LogP contribution is 2.28. The number of aromatic nitrogens is 2. The molecule has 0 aliphatic heterocycles. The zero-order valence-electron chi connectivity index (χ0n) is 13.3. The summed E-state index contributed by atoms with van der Waals surface area (Å²) in [6, 6.07) is 7.50. The predicted molar refractivity (Wildman–Crippen MR) is 95.1 cm³/mol. The second-order valence-corrected chi connectivity index (χ2v) is 7.11. The summed E-state index contributed by atoms with van der Waals surface area (Å²) in [5.41, 5.74) is 2.50. The van der Waals surface area contributed by atoms with Gasteiger partial charge in [0.15, 0.2) is 4.96 Å². The number of carbonyl (C=O) groups excluding carboxylic acids is 1. The average molecular weight is 339 g/mol. The molecule has 0 radical (unpaired) electrons. The van der Waals surface area contributed by atoms with Crippen LogP contribution in [0.1, 0.15) is 39.3 Å². The van der Waals surface area contributed by atoms with E-state index in [-0.39, 0.29) is 11.1 Å². The van der Waals surface area contributed by atoms with Crippen molar-refractivity contribution in [1.29, 1.82) is 0 Å². The van der Waals surface area contributed by atoms with Crippen LogP contribution in [-0.4, -0.2) is 15.3 Å². The van der Waals surface area contributed by atoms with E-state index in [2.05, 4.69) is 10.3 Å². The first-order chi connectivity index (χ1) is 11.6. The third kappa shape index (κ3) is 2.43. The van der Waals surface area contributed by atoms with Crippen LogP contribution in [0.15, 0.2) is 35.3 Å². The van der Waals surface area contributed by atoms with Crippen molar-refractivity contribution < 1.29 is 4.79 Å². The number of thiazole rings is 1. The number of rotatable bonds is 2. The van der Waals surface area contributed by atoms with Gasteiger partial charge in [-0.15, -0.1) is 11.3 Å². The number of aryl methyl sites for hydroxylation is 3. The second-order valence-electron chi connectivity index (χ2n) is 6.04. The van der Waals surface area contributed by atoms with Crippen LogP contribution >= 0.6 is 11.3 Å². The van der Waals surface area contributed by atoms with E-state index < -0.39 is 5.91 Å². The maximum atomic E-state index is 12.8. The van der Waals surface area contributed by atoms with Crippen molar-refractivity contribution in [2.45, 2.75) is 32.6 Å². The molecule has 1 aliphatic rings. The quantitative estimate of drug-likeness (QED) is 0.780. The van der Waals surface area contributed by atoms with E-state index in [0.717, 1.165) is 36.9 Å². The summed E-state index contributed by atoms with van der Waals surface area (Å²) < 4.78 is 1.63. The van der Waals surface area contributed by atoms with Crippen LogP contribution in [0.4, 0.5) is 5.69 Å². The van der Waals surface area contributed by atoms with Crippen LogP contribution in [0.2, 0.25) is 0 Å². The molecule has 2 heterocycles. The van der Waals surface area contributed by atoms with E-state index in [0.29, 0.717) is 10.6 Å². The SMILES string of the molecule is Cc1ccccc1NC(=O)c1cnc2sc3c(n2c1=O)CCCC3. The lowest BCUT2D eigenvalue weighted by molar-refractivity contribution is 0.102. The zero-order chi connectivity index (χ0) is 16.7. The lowest BCUT2D eigenvalue weighted by atomic mass is 10.0. The van der Waals surface area contributed by atoms with Crippen molar-refractivity contribution in [1.82, 2.24) is 9.38 Å². The standard InChI is InChI=1S/C18H17N3O2S/c1-11-6-2-3-7-13(11)20-16(22)12-10-19-18-21(17(12)23)14-8-4-5-9-15(14)24-18/h2-3,6-7,10H,4-5,8-9H2,1H3,(H,20,22). The highest BCUT2D eigenvalue weighted by atomic mass is 32.1. The molecule has 0 fully saturated rings. The number of carbonyl (C=O) groups is 1. The fourth-order valence-corrected chi connectivity index (χ4v) is 4.29. The second kappa shape index (κ2) is 5.87. The lowest BCUT2D eigenvalue weighted by Crippen LogP contribution is -2.27. The molecule has 1 amide bonds. The van der Waals surface area contributed by atoms with Gasteiger partial charge < -0.3 is 5.32 Å². The summed E-state index contributed by atoms with van der Waals surface area (Å²) >= 11 is 1.56. The van der Waals surface area contributed by atoms with E-state index in [1.807, 2.05) is 31.2 Å². The fourth-order valence-electron chi connectivity index (χ4n) is 3.13. The minimum Gasteiger partial charge on any atom is -0.322 e. The molecule has 4 rings (SSSR count). The van der Waals surface area contributed by atoms with Crippen molar-refractivity contribution in [2.24, 2.45) is 0 Å². The Morgan fingerprint density at radius 1 is 1.25 bits per heavy atom. The summed E-state index contributed by atoms with van der Waals surface area (Å²) in [4.78, 5) is 31.7. The normalized spacial score (nSPS) is 13.7. The molecule has 0 saturated carbocycles. The Hall–Kier alpha value is -2.47. The molecule has 122 valence electrons. The number of hydrogen-bond donors (Lipinski definition) is 1. The highest BCUT2D eigenvalue weighted by Gasteiger charge is 2.21. The third-order valence-electron chi connectivity index (χ3n) is 4.44. The summed E-state index contributed by atoms with van der Waals surface area (Å²) in [7, 11) is 0. The van der Waals surface area contributed by atoms with Crippen molar-refractivity contribution in [3.63, 3.8) is 0 Å². The molecule has 5 nitrogen and oxygen atoms in total. The molecule has 1 aromatic carbocycles. The molecule has 0 unspecified atom stereocenters. The third-order valence-corrected chi connectivity index (χ3v) is 5.60. The summed E-state index contributed by atoms with van der Waals surface area (Å²) in [6.07, 6.45) is 5.49. The van der Waals surface area contributed by atoms with Crippen molar-refractivity contribution in [2.75, 3.05) is 5.32 Å². The molecular weight excluding hydrogens is 322 g/mol. The summed E-state index contributed by atoms with van der Waals surface area (Å²) in [5, 5.41) is 2.82. The van der Waals surface area contributed by atoms with Crippen molar-refractivity contribution in [3.05, 3.63) is 62.5 Å². The number of amides is 1. The van der Waals surface area contributed by atoms with Crippen LogP contribution in [0.5, 0.6) is 0 Å². The summed E-state index contributed by atoms with van der Waals surface area (Å²) in [6.45, 7) is 1.92. The van der Waals surface area contributed by atoms with Gasteiger partial charge in [-0.1, -0.05) is 18.2 Å². The largest absolute Gasteiger partial charge is 0.322 e. The zero-order valence-corrected chi connectivity index (χ0v) is 14.2. The fraction of sp³-hybridized carbons (Fsp3) is 0.278. The average Bonchev–Trinajstić information content (AvgIpc) is 2.96. The first-order valence-corrected chi connectivity index (χ1v) is 8.86. The Balaban J connectivity index is 1.77. The number of nitrogens with one attached hydrogen (secondary N) is 1. The Bertz CT molecular complexity index is 1000.